The van der Waals surface area contributed by atoms with Gasteiger partial charge in [0.2, 0.25) is 0 Å². The van der Waals surface area contributed by atoms with Crippen molar-refractivity contribution in [3.05, 3.63) is 42.0 Å². The van der Waals surface area contributed by atoms with Crippen molar-refractivity contribution in [2.24, 2.45) is 0 Å². The zero-order chi connectivity index (χ0) is 12.3. The summed E-state index contributed by atoms with van der Waals surface area (Å²) in [5, 5.41) is 19.5. The molecule has 0 heterocycles. The number of nitrogens with zero attached hydrogens (tertiary/aromatic N) is 1. The first-order valence-corrected chi connectivity index (χ1v) is 5.97. The van der Waals surface area contributed by atoms with Gasteiger partial charge >= 0.3 is 5.97 Å². The molecule has 3 nitrogen and oxygen atoms in total. The second-order valence-electron chi connectivity index (χ2n) is 3.45. The van der Waals surface area contributed by atoms with Crippen LogP contribution >= 0.6 is 11.8 Å². The Bertz CT molecular complexity index is 616. The first kappa shape index (κ1) is 11.5. The fourth-order valence-corrected chi connectivity index (χ4v) is 2.41. The number of aliphatic carboxylic acids is 1. The van der Waals surface area contributed by atoms with Crippen LogP contribution in [-0.4, -0.2) is 16.8 Å². The largest absolute Gasteiger partial charge is 0.481 e. The van der Waals surface area contributed by atoms with Crippen molar-refractivity contribution < 1.29 is 9.90 Å². The van der Waals surface area contributed by atoms with E-state index >= 15 is 0 Å². The monoisotopic (exact) mass is 243 g/mol. The Balaban J connectivity index is 2.52. The molecule has 2 rings (SSSR count). The van der Waals surface area contributed by atoms with Crippen molar-refractivity contribution in [2.75, 3.05) is 5.75 Å². The number of benzene rings is 2. The topological polar surface area (TPSA) is 61.1 Å². The summed E-state index contributed by atoms with van der Waals surface area (Å²) in [7, 11) is 0. The number of fused-ring (bicyclic) bond motifs is 1. The summed E-state index contributed by atoms with van der Waals surface area (Å²) < 4.78 is 0. The van der Waals surface area contributed by atoms with Gasteiger partial charge in [-0.3, -0.25) is 4.79 Å². The van der Waals surface area contributed by atoms with E-state index in [2.05, 4.69) is 6.07 Å². The van der Waals surface area contributed by atoms with E-state index in [1.54, 1.807) is 12.1 Å². The molecule has 84 valence electrons. The quantitative estimate of drug-likeness (QED) is 0.842. The highest BCUT2D eigenvalue weighted by molar-refractivity contribution is 8.00. The third-order valence-corrected chi connectivity index (χ3v) is 3.41. The van der Waals surface area contributed by atoms with Gasteiger partial charge in [-0.25, -0.2) is 0 Å². The number of carbonyl (C=O) groups is 1. The van der Waals surface area contributed by atoms with E-state index in [9.17, 15) is 4.79 Å². The molecule has 0 radical (unpaired) electrons. The average Bonchev–Trinajstić information content (AvgIpc) is 2.35. The van der Waals surface area contributed by atoms with Crippen LogP contribution < -0.4 is 0 Å². The highest BCUT2D eigenvalue weighted by Crippen LogP contribution is 2.29. The van der Waals surface area contributed by atoms with Gasteiger partial charge in [0, 0.05) is 10.3 Å². The number of nitriles is 1. The number of rotatable bonds is 3. The van der Waals surface area contributed by atoms with E-state index in [1.807, 2.05) is 24.3 Å². The van der Waals surface area contributed by atoms with Gasteiger partial charge in [-0.05, 0) is 17.5 Å². The lowest BCUT2D eigenvalue weighted by atomic mass is 10.1. The molecule has 0 saturated carbocycles. The molecule has 0 saturated heterocycles. The maximum atomic E-state index is 10.6. The summed E-state index contributed by atoms with van der Waals surface area (Å²) >= 11 is 1.27. The summed E-state index contributed by atoms with van der Waals surface area (Å²) in [6.45, 7) is 0. The molecule has 2 aromatic carbocycles. The van der Waals surface area contributed by atoms with E-state index in [1.165, 1.54) is 11.8 Å². The minimum Gasteiger partial charge on any atom is -0.481 e. The van der Waals surface area contributed by atoms with E-state index < -0.39 is 5.97 Å². The summed E-state index contributed by atoms with van der Waals surface area (Å²) in [6.07, 6.45) is 0. The van der Waals surface area contributed by atoms with Crippen LogP contribution in [0.1, 0.15) is 5.56 Å². The van der Waals surface area contributed by atoms with Crippen LogP contribution in [0, 0.1) is 11.3 Å². The Morgan fingerprint density at radius 3 is 2.59 bits per heavy atom. The first-order valence-electron chi connectivity index (χ1n) is 4.99. The summed E-state index contributed by atoms with van der Waals surface area (Å²) in [4.78, 5) is 11.4. The van der Waals surface area contributed by atoms with Crippen molar-refractivity contribution in [3.8, 4) is 6.07 Å². The molecular weight excluding hydrogens is 234 g/mol. The molecule has 0 aliphatic carbocycles. The van der Waals surface area contributed by atoms with Gasteiger partial charge < -0.3 is 5.11 Å². The summed E-state index contributed by atoms with van der Waals surface area (Å²) in [5.74, 6) is -0.820. The SMILES string of the molecule is N#Cc1ccc(SCC(=O)O)c2ccccc12. The molecule has 0 aromatic heterocycles. The zero-order valence-corrected chi connectivity index (χ0v) is 9.70. The van der Waals surface area contributed by atoms with Crippen molar-refractivity contribution in [3.63, 3.8) is 0 Å². The molecule has 0 unspecified atom stereocenters. The lowest BCUT2D eigenvalue weighted by Gasteiger charge is -2.06. The van der Waals surface area contributed by atoms with E-state index in [0.29, 0.717) is 5.56 Å². The Morgan fingerprint density at radius 1 is 1.24 bits per heavy atom. The molecule has 0 amide bonds. The average molecular weight is 243 g/mol. The fourth-order valence-electron chi connectivity index (χ4n) is 1.63. The van der Waals surface area contributed by atoms with Crippen molar-refractivity contribution >= 4 is 28.5 Å². The lowest BCUT2D eigenvalue weighted by molar-refractivity contribution is -0.133. The molecule has 0 fully saturated rings. The molecule has 1 N–H and O–H groups in total. The lowest BCUT2D eigenvalue weighted by Crippen LogP contribution is -1.97. The molecule has 17 heavy (non-hydrogen) atoms. The van der Waals surface area contributed by atoms with Gasteiger partial charge in [0.1, 0.15) is 0 Å². The minimum absolute atomic E-state index is 0.0237. The Kier molecular flexibility index (Phi) is 3.31. The number of carboxylic acid groups (broad SMARTS) is 1. The van der Waals surface area contributed by atoms with Crippen LogP contribution in [0.15, 0.2) is 41.3 Å². The smallest absolute Gasteiger partial charge is 0.313 e. The third kappa shape index (κ3) is 2.40. The van der Waals surface area contributed by atoms with Gasteiger partial charge in [0.05, 0.1) is 17.4 Å². The third-order valence-electron chi connectivity index (χ3n) is 2.36. The normalized spacial score (nSPS) is 10.1. The van der Waals surface area contributed by atoms with Gasteiger partial charge in [0.25, 0.3) is 0 Å². The molecule has 0 spiro atoms. The Labute approximate surface area is 103 Å². The van der Waals surface area contributed by atoms with E-state index in [4.69, 9.17) is 10.4 Å². The van der Waals surface area contributed by atoms with Gasteiger partial charge in [-0.15, -0.1) is 11.8 Å². The molecule has 0 aliphatic rings. The second-order valence-corrected chi connectivity index (χ2v) is 4.47. The van der Waals surface area contributed by atoms with Gasteiger partial charge in [-0.2, -0.15) is 5.26 Å². The summed E-state index contributed by atoms with van der Waals surface area (Å²) in [6, 6.07) is 13.2. The molecule has 0 aliphatic heterocycles. The fraction of sp³-hybridized carbons (Fsp3) is 0.0769. The predicted octanol–water partition coefficient (Wildman–Crippen LogP) is 2.89. The minimum atomic E-state index is -0.844. The maximum absolute atomic E-state index is 10.6. The van der Waals surface area contributed by atoms with Crippen molar-refractivity contribution in [1.29, 1.82) is 5.26 Å². The first-order chi connectivity index (χ1) is 8.22. The summed E-state index contributed by atoms with van der Waals surface area (Å²) in [5.41, 5.74) is 0.611. The van der Waals surface area contributed by atoms with Crippen LogP contribution in [0.25, 0.3) is 10.8 Å². The van der Waals surface area contributed by atoms with Crippen LogP contribution in [0.5, 0.6) is 0 Å². The standard InChI is InChI=1S/C13H9NO2S/c14-7-9-5-6-12(17-8-13(15)16)11-4-2-1-3-10(9)11/h1-6H,8H2,(H,15,16). The van der Waals surface area contributed by atoms with E-state index in [0.717, 1.165) is 15.7 Å². The molecule has 4 heteroatoms. The molecule has 2 aromatic rings. The second kappa shape index (κ2) is 4.89. The van der Waals surface area contributed by atoms with Crippen LogP contribution in [0.2, 0.25) is 0 Å². The zero-order valence-electron chi connectivity index (χ0n) is 8.88. The Morgan fingerprint density at radius 2 is 1.94 bits per heavy atom. The number of thioether (sulfide) groups is 1. The van der Waals surface area contributed by atoms with E-state index in [-0.39, 0.29) is 5.75 Å². The molecule has 0 atom stereocenters. The van der Waals surface area contributed by atoms with Crippen molar-refractivity contribution in [1.82, 2.24) is 0 Å². The number of carboxylic acids is 1. The molecular formula is C13H9NO2S. The highest BCUT2D eigenvalue weighted by Gasteiger charge is 2.07. The van der Waals surface area contributed by atoms with Crippen LogP contribution in [0.3, 0.4) is 0 Å². The van der Waals surface area contributed by atoms with Crippen LogP contribution in [-0.2, 0) is 4.79 Å². The van der Waals surface area contributed by atoms with Crippen molar-refractivity contribution in [2.45, 2.75) is 4.90 Å². The Hall–Kier alpha value is -1.99. The number of hydrogen-bond acceptors (Lipinski definition) is 3. The van der Waals surface area contributed by atoms with Gasteiger partial charge in [-0.1, -0.05) is 24.3 Å². The van der Waals surface area contributed by atoms with Crippen LogP contribution in [0.4, 0.5) is 0 Å². The highest BCUT2D eigenvalue weighted by atomic mass is 32.2. The van der Waals surface area contributed by atoms with Gasteiger partial charge in [0.15, 0.2) is 0 Å². The number of hydrogen-bond donors (Lipinski definition) is 1. The predicted molar refractivity (Wildman–Crippen MR) is 67.0 cm³/mol. The molecule has 0 bridgehead atoms. The maximum Gasteiger partial charge on any atom is 0.313 e.